The Balaban J connectivity index is 1.93. The van der Waals surface area contributed by atoms with E-state index in [0.29, 0.717) is 6.54 Å². The quantitative estimate of drug-likeness (QED) is 0.929. The Morgan fingerprint density at radius 1 is 1.13 bits per heavy atom. The van der Waals surface area contributed by atoms with Crippen molar-refractivity contribution in [1.29, 1.82) is 0 Å². The Morgan fingerprint density at radius 3 is 2.57 bits per heavy atom. The number of hydrogen-bond donors (Lipinski definition) is 1. The highest BCUT2D eigenvalue weighted by Gasteiger charge is 2.37. The van der Waals surface area contributed by atoms with Gasteiger partial charge in [-0.1, -0.05) is 30.3 Å². The average Bonchev–Trinajstić information content (AvgIpc) is 3.07. The molecule has 122 valence electrons. The van der Waals surface area contributed by atoms with Crippen molar-refractivity contribution in [2.75, 3.05) is 13.1 Å². The van der Waals surface area contributed by atoms with E-state index in [9.17, 15) is 13.2 Å². The minimum Gasteiger partial charge on any atom is -0.469 e. The van der Waals surface area contributed by atoms with Gasteiger partial charge in [0.2, 0.25) is 5.88 Å². The number of benzene rings is 1. The van der Waals surface area contributed by atoms with Crippen LogP contribution in [0.5, 0.6) is 5.88 Å². The molecule has 0 bridgehead atoms. The second kappa shape index (κ2) is 6.58. The van der Waals surface area contributed by atoms with Gasteiger partial charge in [-0.25, -0.2) is 4.98 Å². The average molecular weight is 322 g/mol. The summed E-state index contributed by atoms with van der Waals surface area (Å²) >= 11 is 0. The van der Waals surface area contributed by atoms with Crippen LogP contribution in [0.3, 0.4) is 0 Å². The summed E-state index contributed by atoms with van der Waals surface area (Å²) in [5.41, 5.74) is 0.0202. The number of pyridine rings is 1. The summed E-state index contributed by atoms with van der Waals surface area (Å²) in [7, 11) is 0. The van der Waals surface area contributed by atoms with Gasteiger partial charge in [-0.05, 0) is 30.7 Å². The minimum absolute atomic E-state index is 0.112. The van der Waals surface area contributed by atoms with E-state index in [1.807, 2.05) is 30.3 Å². The zero-order valence-corrected chi connectivity index (χ0v) is 12.4. The molecule has 2 heterocycles. The largest absolute Gasteiger partial charge is 0.469 e. The molecule has 1 aromatic heterocycles. The second-order valence-electron chi connectivity index (χ2n) is 5.56. The molecule has 1 saturated heterocycles. The van der Waals surface area contributed by atoms with Crippen LogP contribution in [0, 0.1) is 5.92 Å². The van der Waals surface area contributed by atoms with E-state index in [4.69, 9.17) is 4.74 Å². The first-order valence-electron chi connectivity index (χ1n) is 7.50. The van der Waals surface area contributed by atoms with Crippen molar-refractivity contribution in [2.24, 2.45) is 5.92 Å². The van der Waals surface area contributed by atoms with Crippen molar-refractivity contribution in [3.05, 3.63) is 59.8 Å². The number of nitrogens with one attached hydrogen (secondary N) is 1. The first-order valence-corrected chi connectivity index (χ1v) is 7.50. The molecule has 3 rings (SSSR count). The van der Waals surface area contributed by atoms with Crippen LogP contribution < -0.4 is 10.1 Å². The van der Waals surface area contributed by atoms with Gasteiger partial charge in [-0.2, -0.15) is 13.2 Å². The molecule has 2 atom stereocenters. The maximum Gasteiger partial charge on any atom is 0.421 e. The summed E-state index contributed by atoms with van der Waals surface area (Å²) in [5, 5.41) is 3.23. The second-order valence-corrected chi connectivity index (χ2v) is 5.56. The lowest BCUT2D eigenvalue weighted by molar-refractivity contribution is -0.139. The van der Waals surface area contributed by atoms with E-state index < -0.39 is 17.8 Å². The molecule has 1 aliphatic rings. The summed E-state index contributed by atoms with van der Waals surface area (Å²) in [6.45, 7) is 1.56. The number of nitrogens with zero attached hydrogens (tertiary/aromatic N) is 1. The summed E-state index contributed by atoms with van der Waals surface area (Å²) in [6, 6.07) is 11.6. The van der Waals surface area contributed by atoms with Crippen molar-refractivity contribution < 1.29 is 17.9 Å². The van der Waals surface area contributed by atoms with Gasteiger partial charge >= 0.3 is 6.18 Å². The lowest BCUT2D eigenvalue weighted by atomic mass is 9.95. The van der Waals surface area contributed by atoms with Crippen molar-refractivity contribution in [1.82, 2.24) is 10.3 Å². The Morgan fingerprint density at radius 2 is 1.91 bits per heavy atom. The maximum atomic E-state index is 13.1. The number of halogens is 3. The van der Waals surface area contributed by atoms with Gasteiger partial charge in [0.15, 0.2) is 0 Å². The zero-order chi connectivity index (χ0) is 16.3. The molecular weight excluding hydrogens is 305 g/mol. The zero-order valence-electron chi connectivity index (χ0n) is 12.4. The number of aromatic nitrogens is 1. The lowest BCUT2D eigenvalue weighted by Crippen LogP contribution is -2.23. The SMILES string of the molecule is FC(F)(F)c1cccnc1OC(c1ccccc1)[C@@H]1CCNC1. The maximum absolute atomic E-state index is 13.1. The highest BCUT2D eigenvalue weighted by Crippen LogP contribution is 2.38. The molecular formula is C17H17F3N2O. The molecule has 1 aromatic carbocycles. The molecule has 6 heteroatoms. The predicted molar refractivity (Wildman–Crippen MR) is 80.0 cm³/mol. The molecule has 0 amide bonds. The number of alkyl halides is 3. The molecule has 0 radical (unpaired) electrons. The number of hydrogen-bond acceptors (Lipinski definition) is 3. The molecule has 1 aliphatic heterocycles. The van der Waals surface area contributed by atoms with Crippen LogP contribution >= 0.6 is 0 Å². The molecule has 0 spiro atoms. The molecule has 3 nitrogen and oxygen atoms in total. The summed E-state index contributed by atoms with van der Waals surface area (Å²) in [5.74, 6) is -0.249. The van der Waals surface area contributed by atoms with Crippen molar-refractivity contribution in [2.45, 2.75) is 18.7 Å². The smallest absolute Gasteiger partial charge is 0.421 e. The standard InChI is InChI=1S/C17H17F3N2O/c18-17(19,20)14-7-4-9-22-16(14)23-15(13-8-10-21-11-13)12-5-2-1-3-6-12/h1-7,9,13,15,21H,8,10-11H2/t13-,15?/m1/s1. The number of ether oxygens (including phenoxy) is 1. The van der Waals surface area contributed by atoms with Crippen molar-refractivity contribution in [3.63, 3.8) is 0 Å². The lowest BCUT2D eigenvalue weighted by Gasteiger charge is -2.25. The first-order chi connectivity index (χ1) is 11.1. The Kier molecular flexibility index (Phi) is 4.52. The van der Waals surface area contributed by atoms with Crippen LogP contribution in [-0.2, 0) is 6.18 Å². The van der Waals surface area contributed by atoms with Crippen molar-refractivity contribution in [3.8, 4) is 5.88 Å². The molecule has 1 N–H and O–H groups in total. The van der Waals surface area contributed by atoms with Crippen LogP contribution in [0.1, 0.15) is 23.7 Å². The van der Waals surface area contributed by atoms with Gasteiger partial charge < -0.3 is 10.1 Å². The third kappa shape index (κ3) is 3.64. The van der Waals surface area contributed by atoms with Gasteiger partial charge in [-0.3, -0.25) is 0 Å². The minimum atomic E-state index is -4.49. The van der Waals surface area contributed by atoms with E-state index in [1.165, 1.54) is 12.3 Å². The fraction of sp³-hybridized carbons (Fsp3) is 0.353. The summed E-state index contributed by atoms with van der Waals surface area (Å²) < 4.78 is 45.2. The normalized spacial score (nSPS) is 19.5. The van der Waals surface area contributed by atoms with E-state index in [2.05, 4.69) is 10.3 Å². The molecule has 2 aromatic rings. The van der Waals surface area contributed by atoms with Gasteiger partial charge in [-0.15, -0.1) is 0 Å². The van der Waals surface area contributed by atoms with E-state index in [-0.39, 0.29) is 11.8 Å². The number of rotatable bonds is 4. The van der Waals surface area contributed by atoms with Gasteiger partial charge in [0.1, 0.15) is 11.7 Å². The van der Waals surface area contributed by atoms with Crippen molar-refractivity contribution >= 4 is 0 Å². The highest BCUT2D eigenvalue weighted by molar-refractivity contribution is 5.30. The van der Waals surface area contributed by atoms with Crippen LogP contribution in [0.2, 0.25) is 0 Å². The van der Waals surface area contributed by atoms with Crippen LogP contribution in [0.15, 0.2) is 48.7 Å². The van der Waals surface area contributed by atoms with E-state index in [1.54, 1.807) is 0 Å². The van der Waals surface area contributed by atoms with Crippen LogP contribution in [0.4, 0.5) is 13.2 Å². The highest BCUT2D eigenvalue weighted by atomic mass is 19.4. The third-order valence-corrected chi connectivity index (χ3v) is 3.97. The van der Waals surface area contributed by atoms with Crippen LogP contribution in [0.25, 0.3) is 0 Å². The van der Waals surface area contributed by atoms with Gasteiger partial charge in [0.05, 0.1) is 0 Å². The van der Waals surface area contributed by atoms with Gasteiger partial charge in [0, 0.05) is 18.7 Å². The third-order valence-electron chi connectivity index (χ3n) is 3.97. The Labute approximate surface area is 132 Å². The summed E-state index contributed by atoms with van der Waals surface area (Å²) in [4.78, 5) is 3.82. The monoisotopic (exact) mass is 322 g/mol. The predicted octanol–water partition coefficient (Wildman–Crippen LogP) is 3.83. The Hall–Kier alpha value is -2.08. The van der Waals surface area contributed by atoms with Crippen LogP contribution in [-0.4, -0.2) is 18.1 Å². The Bertz CT molecular complexity index is 640. The van der Waals surface area contributed by atoms with E-state index in [0.717, 1.165) is 24.6 Å². The fourth-order valence-corrected chi connectivity index (χ4v) is 2.84. The van der Waals surface area contributed by atoms with Gasteiger partial charge in [0.25, 0.3) is 0 Å². The summed E-state index contributed by atoms with van der Waals surface area (Å²) in [6.07, 6.45) is -2.77. The fourth-order valence-electron chi connectivity index (χ4n) is 2.84. The molecule has 0 saturated carbocycles. The first kappa shape index (κ1) is 15.8. The molecule has 0 aliphatic carbocycles. The molecule has 23 heavy (non-hydrogen) atoms. The molecule has 1 fully saturated rings. The molecule has 1 unspecified atom stereocenters. The van der Waals surface area contributed by atoms with E-state index >= 15 is 0 Å². The topological polar surface area (TPSA) is 34.1 Å².